The number of halogens is 2. The maximum Gasteiger partial charge on any atom is 0.149 e. The summed E-state index contributed by atoms with van der Waals surface area (Å²) in [4.78, 5) is 15.1. The fourth-order valence-electron chi connectivity index (χ4n) is 4.29. The van der Waals surface area contributed by atoms with E-state index in [1.807, 2.05) is 61.5 Å². The van der Waals surface area contributed by atoms with Crippen molar-refractivity contribution in [2.24, 2.45) is 5.92 Å². The van der Waals surface area contributed by atoms with Gasteiger partial charge in [-0.3, -0.25) is 4.79 Å². The van der Waals surface area contributed by atoms with Crippen molar-refractivity contribution in [2.45, 2.75) is 34.1 Å². The van der Waals surface area contributed by atoms with E-state index < -0.39 is 0 Å². The molecule has 2 aromatic carbocycles. The van der Waals surface area contributed by atoms with Gasteiger partial charge in [-0.1, -0.05) is 98.6 Å². The molecule has 0 aliphatic rings. The molecule has 3 nitrogen and oxygen atoms in total. The minimum atomic E-state index is 0.0779. The number of aryl methyl sites for hydroxylation is 1. The second-order valence-corrected chi connectivity index (χ2v) is 9.43. The third-order valence-electron chi connectivity index (χ3n) is 5.98. The van der Waals surface area contributed by atoms with Crippen LogP contribution in [0.25, 0.3) is 22.3 Å². The molecular weight excluding hydrogens is 487 g/mol. The maximum absolute atomic E-state index is 10.8. The van der Waals surface area contributed by atoms with Crippen LogP contribution < -0.4 is 0 Å². The fraction of sp³-hybridized carbons (Fsp3) is 0.194. The highest BCUT2D eigenvalue weighted by Gasteiger charge is 2.23. The second-order valence-electron chi connectivity index (χ2n) is 8.66. The molecule has 0 saturated carbocycles. The molecule has 0 spiro atoms. The number of carbonyl (C=O) groups excluding carboxylic acids is 1. The first-order chi connectivity index (χ1) is 17.3. The first-order valence-electron chi connectivity index (χ1n) is 11.8. The number of hydrogen-bond donors (Lipinski definition) is 0. The number of nitrogens with zero attached hydrogens (tertiary/aromatic N) is 2. The minimum Gasteiger partial charge on any atom is -0.299 e. The molecule has 0 aliphatic heterocycles. The van der Waals surface area contributed by atoms with Gasteiger partial charge >= 0.3 is 0 Å². The largest absolute Gasteiger partial charge is 0.299 e. The summed E-state index contributed by atoms with van der Waals surface area (Å²) in [5, 5.41) is 10.8. The molecule has 3 aromatic rings. The van der Waals surface area contributed by atoms with Gasteiger partial charge in [-0.25, -0.2) is 4.98 Å². The average Bonchev–Trinajstić information content (AvgIpc) is 2.88. The van der Waals surface area contributed by atoms with Gasteiger partial charge in [0.25, 0.3) is 0 Å². The van der Waals surface area contributed by atoms with E-state index in [2.05, 4.69) is 31.8 Å². The van der Waals surface area contributed by atoms with Gasteiger partial charge in [0.2, 0.25) is 0 Å². The number of rotatable bonds is 8. The van der Waals surface area contributed by atoms with E-state index in [1.165, 1.54) is 6.08 Å². The van der Waals surface area contributed by atoms with Crippen molar-refractivity contribution >= 4 is 51.7 Å². The smallest absolute Gasteiger partial charge is 0.149 e. The van der Waals surface area contributed by atoms with Crippen molar-refractivity contribution in [3.05, 3.63) is 111 Å². The molecule has 0 unspecified atom stereocenters. The number of aromatic nitrogens is 1. The summed E-state index contributed by atoms with van der Waals surface area (Å²) < 4.78 is 0. The lowest BCUT2D eigenvalue weighted by atomic mass is 9.82. The lowest BCUT2D eigenvalue weighted by molar-refractivity contribution is -0.104. The molecule has 3 rings (SSSR count). The standard InChI is InChI=1S/C31H28Cl2N2O/c1-5-24(26-16-17-28(32)35-27(26)19-34)30(23-14-12-22(13-15-23)10-8-18-36)29(20(2)3)31(33)25-11-7-6-9-21(25)4/h6-18,20H,5H2,1-4H3/b10-8+,30-24+,31-29-. The normalized spacial score (nSPS) is 12.8. The summed E-state index contributed by atoms with van der Waals surface area (Å²) in [5.41, 5.74) is 7.84. The van der Waals surface area contributed by atoms with Crippen molar-refractivity contribution in [3.8, 4) is 6.07 Å². The van der Waals surface area contributed by atoms with Gasteiger partial charge in [0.15, 0.2) is 0 Å². The van der Waals surface area contributed by atoms with Crippen LogP contribution in [0.4, 0.5) is 0 Å². The first kappa shape index (κ1) is 27.1. The fourth-order valence-corrected chi connectivity index (χ4v) is 4.96. The first-order valence-corrected chi connectivity index (χ1v) is 12.6. The van der Waals surface area contributed by atoms with Crippen LogP contribution in [-0.2, 0) is 4.79 Å². The van der Waals surface area contributed by atoms with Gasteiger partial charge in [-0.15, -0.1) is 0 Å². The Morgan fingerprint density at radius 1 is 1.06 bits per heavy atom. The molecule has 0 N–H and O–H groups in total. The number of carbonyl (C=O) groups is 1. The third-order valence-corrected chi connectivity index (χ3v) is 6.60. The van der Waals surface area contributed by atoms with Crippen LogP contribution in [0.5, 0.6) is 0 Å². The molecule has 0 bridgehead atoms. The van der Waals surface area contributed by atoms with Crippen molar-refractivity contribution in [3.63, 3.8) is 0 Å². The Bertz CT molecular complexity index is 1390. The summed E-state index contributed by atoms with van der Waals surface area (Å²) in [6, 6.07) is 21.8. The number of benzene rings is 2. The number of nitriles is 1. The third kappa shape index (κ3) is 6.02. The van der Waals surface area contributed by atoms with Gasteiger partial charge in [0, 0.05) is 5.56 Å². The Labute approximate surface area is 223 Å². The van der Waals surface area contributed by atoms with E-state index in [1.54, 1.807) is 12.1 Å². The molecule has 1 heterocycles. The summed E-state index contributed by atoms with van der Waals surface area (Å²) in [7, 11) is 0. The highest BCUT2D eigenvalue weighted by molar-refractivity contribution is 6.50. The van der Waals surface area contributed by atoms with Gasteiger partial charge < -0.3 is 0 Å². The predicted molar refractivity (Wildman–Crippen MR) is 151 cm³/mol. The monoisotopic (exact) mass is 514 g/mol. The van der Waals surface area contributed by atoms with Crippen molar-refractivity contribution < 1.29 is 4.79 Å². The van der Waals surface area contributed by atoms with Gasteiger partial charge in [-0.05, 0) is 76.4 Å². The van der Waals surface area contributed by atoms with Crippen LogP contribution in [0.3, 0.4) is 0 Å². The van der Waals surface area contributed by atoms with Gasteiger partial charge in [0.05, 0.1) is 5.03 Å². The highest BCUT2D eigenvalue weighted by Crippen LogP contribution is 2.43. The number of allylic oxidation sites excluding steroid dienone is 4. The summed E-state index contributed by atoms with van der Waals surface area (Å²) in [6.45, 7) is 8.35. The molecule has 0 fully saturated rings. The van der Waals surface area contributed by atoms with E-state index in [4.69, 9.17) is 23.2 Å². The SMILES string of the molecule is CC/C(=C(\C(=C(/Cl)c1ccccc1C)C(C)C)c1ccc(/C=C/C=O)cc1)c1ccc(Cl)nc1C#N. The lowest BCUT2D eigenvalue weighted by Crippen LogP contribution is -2.06. The molecular formula is C31H28Cl2N2O. The molecule has 182 valence electrons. The van der Waals surface area contributed by atoms with Gasteiger partial charge in [0.1, 0.15) is 23.2 Å². The van der Waals surface area contributed by atoms with E-state index >= 15 is 0 Å². The van der Waals surface area contributed by atoms with Crippen LogP contribution in [0, 0.1) is 24.2 Å². The summed E-state index contributed by atoms with van der Waals surface area (Å²) in [6.07, 6.45) is 4.63. The van der Waals surface area contributed by atoms with E-state index in [9.17, 15) is 10.1 Å². The maximum atomic E-state index is 10.8. The Hall–Kier alpha value is -3.45. The van der Waals surface area contributed by atoms with Gasteiger partial charge in [-0.2, -0.15) is 5.26 Å². The van der Waals surface area contributed by atoms with Crippen LogP contribution in [0.1, 0.15) is 60.7 Å². The van der Waals surface area contributed by atoms with Crippen LogP contribution in [0.15, 0.2) is 72.3 Å². The molecule has 0 amide bonds. The Morgan fingerprint density at radius 3 is 2.33 bits per heavy atom. The van der Waals surface area contributed by atoms with Crippen molar-refractivity contribution in [2.75, 3.05) is 0 Å². The molecule has 1 aromatic heterocycles. The second kappa shape index (κ2) is 12.5. The van der Waals surface area contributed by atoms with E-state index in [0.29, 0.717) is 11.5 Å². The number of hydrogen-bond acceptors (Lipinski definition) is 3. The topological polar surface area (TPSA) is 53.8 Å². The Balaban J connectivity index is 2.45. The number of pyridine rings is 1. The Morgan fingerprint density at radius 2 is 1.75 bits per heavy atom. The van der Waals surface area contributed by atoms with E-state index in [-0.39, 0.29) is 16.8 Å². The molecule has 0 radical (unpaired) electrons. The zero-order valence-electron chi connectivity index (χ0n) is 20.8. The lowest BCUT2D eigenvalue weighted by Gasteiger charge is -2.24. The summed E-state index contributed by atoms with van der Waals surface area (Å²) >= 11 is 13.3. The zero-order chi connectivity index (χ0) is 26.2. The van der Waals surface area contributed by atoms with Crippen molar-refractivity contribution in [1.82, 2.24) is 4.98 Å². The quantitative estimate of drug-likeness (QED) is 0.130. The van der Waals surface area contributed by atoms with E-state index in [0.717, 1.165) is 50.8 Å². The minimum absolute atomic E-state index is 0.0779. The zero-order valence-corrected chi connectivity index (χ0v) is 22.4. The predicted octanol–water partition coefficient (Wildman–Crippen LogP) is 8.75. The number of aldehydes is 1. The summed E-state index contributed by atoms with van der Waals surface area (Å²) in [5.74, 6) is 0.0779. The molecule has 0 aliphatic carbocycles. The molecule has 0 atom stereocenters. The average molecular weight is 515 g/mol. The van der Waals surface area contributed by atoms with Crippen molar-refractivity contribution in [1.29, 1.82) is 5.26 Å². The van der Waals surface area contributed by atoms with Crippen LogP contribution in [-0.4, -0.2) is 11.3 Å². The molecule has 5 heteroatoms. The van der Waals surface area contributed by atoms with Crippen LogP contribution in [0.2, 0.25) is 5.15 Å². The molecule has 36 heavy (non-hydrogen) atoms. The highest BCUT2D eigenvalue weighted by atomic mass is 35.5. The molecule has 0 saturated heterocycles. The van der Waals surface area contributed by atoms with Crippen LogP contribution >= 0.6 is 23.2 Å². The Kier molecular flexibility index (Phi) is 9.42.